The van der Waals surface area contributed by atoms with Gasteiger partial charge in [-0.15, -0.1) is 0 Å². The molecule has 1 heterocycles. The number of cyclic esters (lactones) is 1. The third-order valence-corrected chi connectivity index (χ3v) is 3.18. The number of hydrogen-bond donors (Lipinski definition) is 1. The molecule has 0 radical (unpaired) electrons. The van der Waals surface area contributed by atoms with E-state index in [0.717, 1.165) is 19.3 Å². The summed E-state index contributed by atoms with van der Waals surface area (Å²) in [4.78, 5) is 11.4. The molecule has 0 bridgehead atoms. The molecule has 3 nitrogen and oxygen atoms in total. The first-order valence-corrected chi connectivity index (χ1v) is 5.41. The standard InChI is InChI=1S/C11H21NO2/c1-8-6-5-7-9(2)12-10(13)14-11(8,3)4/h8-9H,5-7H2,1-4H3,(H,12,13)/t8?,9-/m0/s1. The Kier molecular flexibility index (Phi) is 3.40. The SMILES string of the molecule is CC1CCC[C@H](C)NC(=O)OC1(C)C. The molecule has 0 saturated carbocycles. The molecule has 2 atom stereocenters. The van der Waals surface area contributed by atoms with Crippen molar-refractivity contribution in [1.82, 2.24) is 5.32 Å². The highest BCUT2D eigenvalue weighted by atomic mass is 16.6. The third-order valence-electron chi connectivity index (χ3n) is 3.18. The van der Waals surface area contributed by atoms with Gasteiger partial charge in [0.1, 0.15) is 5.60 Å². The number of hydrogen-bond acceptors (Lipinski definition) is 2. The average molecular weight is 199 g/mol. The minimum Gasteiger partial charge on any atom is -0.443 e. The van der Waals surface area contributed by atoms with Gasteiger partial charge >= 0.3 is 6.09 Å². The first-order chi connectivity index (χ1) is 6.42. The van der Waals surface area contributed by atoms with Gasteiger partial charge in [-0.2, -0.15) is 0 Å². The maximum Gasteiger partial charge on any atom is 0.407 e. The lowest BCUT2D eigenvalue weighted by atomic mass is 9.88. The molecule has 0 aromatic rings. The molecule has 0 aromatic carbocycles. The molecule has 1 rings (SSSR count). The highest BCUT2D eigenvalue weighted by molar-refractivity contribution is 5.68. The van der Waals surface area contributed by atoms with Crippen LogP contribution in [0.25, 0.3) is 0 Å². The lowest BCUT2D eigenvalue weighted by Gasteiger charge is -2.30. The second kappa shape index (κ2) is 4.20. The van der Waals surface area contributed by atoms with Crippen molar-refractivity contribution in [3.63, 3.8) is 0 Å². The molecule has 1 N–H and O–H groups in total. The molecule has 14 heavy (non-hydrogen) atoms. The van der Waals surface area contributed by atoms with E-state index in [4.69, 9.17) is 4.74 Å². The van der Waals surface area contributed by atoms with Gasteiger partial charge in [0.25, 0.3) is 0 Å². The van der Waals surface area contributed by atoms with Gasteiger partial charge in [-0.25, -0.2) is 4.79 Å². The van der Waals surface area contributed by atoms with E-state index in [0.29, 0.717) is 5.92 Å². The van der Waals surface area contributed by atoms with Crippen LogP contribution >= 0.6 is 0 Å². The average Bonchev–Trinajstić information content (AvgIpc) is 2.04. The fraction of sp³-hybridized carbons (Fsp3) is 0.909. The van der Waals surface area contributed by atoms with Crippen molar-refractivity contribution in [3.8, 4) is 0 Å². The lowest BCUT2D eigenvalue weighted by Crippen LogP contribution is -2.40. The third kappa shape index (κ3) is 2.89. The van der Waals surface area contributed by atoms with Crippen molar-refractivity contribution in [2.24, 2.45) is 5.92 Å². The molecule has 1 saturated heterocycles. The Balaban J connectivity index is 2.69. The van der Waals surface area contributed by atoms with Crippen LogP contribution in [0.2, 0.25) is 0 Å². The second-order valence-corrected chi connectivity index (χ2v) is 4.87. The topological polar surface area (TPSA) is 38.3 Å². The van der Waals surface area contributed by atoms with Gasteiger partial charge in [0, 0.05) is 6.04 Å². The number of rotatable bonds is 0. The molecule has 3 heteroatoms. The molecule has 1 fully saturated rings. The van der Waals surface area contributed by atoms with E-state index in [9.17, 15) is 4.79 Å². The quantitative estimate of drug-likeness (QED) is 0.651. The summed E-state index contributed by atoms with van der Waals surface area (Å²) in [7, 11) is 0. The summed E-state index contributed by atoms with van der Waals surface area (Å²) in [6.45, 7) is 8.12. The van der Waals surface area contributed by atoms with E-state index in [2.05, 4.69) is 12.2 Å². The van der Waals surface area contributed by atoms with E-state index < -0.39 is 0 Å². The Morgan fingerprint density at radius 2 is 2.00 bits per heavy atom. The monoisotopic (exact) mass is 199 g/mol. The molecule has 1 amide bonds. The zero-order chi connectivity index (χ0) is 10.8. The van der Waals surface area contributed by atoms with Crippen LogP contribution in [0.15, 0.2) is 0 Å². The van der Waals surface area contributed by atoms with E-state index in [1.807, 2.05) is 20.8 Å². The van der Waals surface area contributed by atoms with Crippen LogP contribution < -0.4 is 5.32 Å². The second-order valence-electron chi connectivity index (χ2n) is 4.87. The van der Waals surface area contributed by atoms with Crippen LogP contribution in [-0.2, 0) is 4.74 Å². The van der Waals surface area contributed by atoms with Gasteiger partial charge in [0.2, 0.25) is 0 Å². The van der Waals surface area contributed by atoms with Crippen molar-refractivity contribution in [2.75, 3.05) is 0 Å². The molecule has 1 aliphatic heterocycles. The van der Waals surface area contributed by atoms with Crippen LogP contribution in [0.1, 0.15) is 47.0 Å². The molecular weight excluding hydrogens is 178 g/mol. The fourth-order valence-corrected chi connectivity index (χ4v) is 1.72. The van der Waals surface area contributed by atoms with Crippen molar-refractivity contribution < 1.29 is 9.53 Å². The summed E-state index contributed by atoms with van der Waals surface area (Å²) in [5.74, 6) is 0.415. The maximum absolute atomic E-state index is 11.4. The Labute approximate surface area is 86.2 Å². The number of nitrogens with one attached hydrogen (secondary N) is 1. The van der Waals surface area contributed by atoms with Crippen LogP contribution in [0.4, 0.5) is 4.79 Å². The number of alkyl carbamates (subject to hydrolysis) is 1. The minimum atomic E-state index is -0.353. The summed E-state index contributed by atoms with van der Waals surface area (Å²) in [5, 5.41) is 2.84. The molecule has 82 valence electrons. The van der Waals surface area contributed by atoms with Gasteiger partial charge in [0.15, 0.2) is 0 Å². The predicted molar refractivity (Wildman–Crippen MR) is 56.2 cm³/mol. The van der Waals surface area contributed by atoms with Crippen LogP contribution in [-0.4, -0.2) is 17.7 Å². The largest absolute Gasteiger partial charge is 0.443 e. The summed E-state index contributed by atoms with van der Waals surface area (Å²) in [5.41, 5.74) is -0.353. The van der Waals surface area contributed by atoms with Crippen LogP contribution in [0.5, 0.6) is 0 Å². The molecular formula is C11H21NO2. The van der Waals surface area contributed by atoms with Crippen molar-refractivity contribution in [3.05, 3.63) is 0 Å². The van der Waals surface area contributed by atoms with Crippen molar-refractivity contribution >= 4 is 6.09 Å². The molecule has 1 aliphatic rings. The van der Waals surface area contributed by atoms with Crippen molar-refractivity contribution in [2.45, 2.75) is 58.6 Å². The normalized spacial score (nSPS) is 33.3. The van der Waals surface area contributed by atoms with E-state index in [1.165, 1.54) is 0 Å². The maximum atomic E-state index is 11.4. The van der Waals surface area contributed by atoms with Crippen molar-refractivity contribution in [1.29, 1.82) is 0 Å². The smallest absolute Gasteiger partial charge is 0.407 e. The Morgan fingerprint density at radius 1 is 1.36 bits per heavy atom. The zero-order valence-electron chi connectivity index (χ0n) is 9.59. The molecule has 0 spiro atoms. The van der Waals surface area contributed by atoms with E-state index in [1.54, 1.807) is 0 Å². The first-order valence-electron chi connectivity index (χ1n) is 5.41. The minimum absolute atomic E-state index is 0.226. The Bertz CT molecular complexity index is 213. The number of amides is 1. The zero-order valence-corrected chi connectivity index (χ0v) is 9.59. The first kappa shape index (κ1) is 11.3. The fourth-order valence-electron chi connectivity index (χ4n) is 1.72. The Morgan fingerprint density at radius 3 is 2.64 bits per heavy atom. The van der Waals surface area contributed by atoms with Gasteiger partial charge in [0.05, 0.1) is 0 Å². The number of carbonyl (C=O) groups is 1. The van der Waals surface area contributed by atoms with Gasteiger partial charge in [-0.1, -0.05) is 13.3 Å². The van der Waals surface area contributed by atoms with Gasteiger partial charge in [-0.3, -0.25) is 0 Å². The van der Waals surface area contributed by atoms with E-state index in [-0.39, 0.29) is 17.7 Å². The molecule has 0 aromatic heterocycles. The van der Waals surface area contributed by atoms with E-state index >= 15 is 0 Å². The van der Waals surface area contributed by atoms with Gasteiger partial charge in [-0.05, 0) is 39.5 Å². The highest BCUT2D eigenvalue weighted by Crippen LogP contribution is 2.27. The lowest BCUT2D eigenvalue weighted by molar-refractivity contribution is -0.00143. The summed E-state index contributed by atoms with van der Waals surface area (Å²) in [6, 6.07) is 0.226. The highest BCUT2D eigenvalue weighted by Gasteiger charge is 2.31. The van der Waals surface area contributed by atoms with Crippen LogP contribution in [0.3, 0.4) is 0 Å². The molecule has 1 unspecified atom stereocenters. The summed E-state index contributed by atoms with van der Waals surface area (Å²) < 4.78 is 5.39. The Hall–Kier alpha value is -0.730. The van der Waals surface area contributed by atoms with Crippen LogP contribution in [0, 0.1) is 5.92 Å². The summed E-state index contributed by atoms with van der Waals surface area (Å²) >= 11 is 0. The molecule has 0 aliphatic carbocycles. The number of carbonyl (C=O) groups excluding carboxylic acids is 1. The predicted octanol–water partition coefficient (Wildman–Crippen LogP) is 2.70. The van der Waals surface area contributed by atoms with Gasteiger partial charge < -0.3 is 10.1 Å². The summed E-state index contributed by atoms with van der Waals surface area (Å²) in [6.07, 6.45) is 3.02. The number of ether oxygens (including phenoxy) is 1.